The van der Waals surface area contributed by atoms with Gasteiger partial charge >= 0.3 is 0 Å². The number of carbonyl (C=O) groups is 1. The monoisotopic (exact) mass is 216 g/mol. The van der Waals surface area contributed by atoms with Crippen molar-refractivity contribution in [3.05, 3.63) is 0 Å². The summed E-state index contributed by atoms with van der Waals surface area (Å²) in [5.74, 6) is 0.144. The number of ether oxygens (including phenoxy) is 2. The van der Waals surface area contributed by atoms with E-state index in [1.807, 2.05) is 4.90 Å². The van der Waals surface area contributed by atoms with Crippen molar-refractivity contribution < 1.29 is 14.3 Å². The highest BCUT2D eigenvalue weighted by atomic mass is 16.5. The van der Waals surface area contributed by atoms with Crippen LogP contribution in [0.4, 0.5) is 0 Å². The van der Waals surface area contributed by atoms with Crippen LogP contribution in [0.2, 0.25) is 0 Å². The van der Waals surface area contributed by atoms with Crippen molar-refractivity contribution in [2.45, 2.75) is 12.5 Å². The van der Waals surface area contributed by atoms with Crippen LogP contribution in [0, 0.1) is 0 Å². The first-order valence-corrected chi connectivity index (χ1v) is 5.28. The molecule has 15 heavy (non-hydrogen) atoms. The molecule has 5 heteroatoms. The lowest BCUT2D eigenvalue weighted by Gasteiger charge is -2.16. The Morgan fingerprint density at radius 2 is 2.33 bits per heavy atom. The molecule has 0 aromatic rings. The zero-order valence-corrected chi connectivity index (χ0v) is 9.49. The van der Waals surface area contributed by atoms with Gasteiger partial charge in [0.25, 0.3) is 0 Å². The molecule has 0 saturated carbocycles. The topological polar surface area (TPSA) is 50.8 Å². The third kappa shape index (κ3) is 4.15. The Morgan fingerprint density at radius 3 is 2.93 bits per heavy atom. The molecule has 0 bridgehead atoms. The van der Waals surface area contributed by atoms with Crippen LogP contribution in [0.25, 0.3) is 0 Å². The van der Waals surface area contributed by atoms with Crippen LogP contribution in [0.5, 0.6) is 0 Å². The second-order valence-corrected chi connectivity index (χ2v) is 3.66. The Balaban J connectivity index is 2.12. The smallest absolute Gasteiger partial charge is 0.236 e. The van der Waals surface area contributed by atoms with E-state index in [1.165, 1.54) is 0 Å². The van der Waals surface area contributed by atoms with Gasteiger partial charge < -0.3 is 19.7 Å². The van der Waals surface area contributed by atoms with Crippen molar-refractivity contribution in [2.24, 2.45) is 0 Å². The van der Waals surface area contributed by atoms with Crippen molar-refractivity contribution in [3.8, 4) is 0 Å². The van der Waals surface area contributed by atoms with E-state index in [1.54, 1.807) is 14.2 Å². The fraction of sp³-hybridized carbons (Fsp3) is 0.900. The summed E-state index contributed by atoms with van der Waals surface area (Å²) >= 11 is 0. The molecule has 1 saturated heterocycles. The fourth-order valence-electron chi connectivity index (χ4n) is 1.63. The van der Waals surface area contributed by atoms with Crippen molar-refractivity contribution in [1.29, 1.82) is 0 Å². The molecule has 1 atom stereocenters. The molecule has 5 nitrogen and oxygen atoms in total. The summed E-state index contributed by atoms with van der Waals surface area (Å²) in [6.07, 6.45) is 1.16. The number of carbonyl (C=O) groups excluding carboxylic acids is 1. The van der Waals surface area contributed by atoms with E-state index in [2.05, 4.69) is 5.32 Å². The average molecular weight is 216 g/mol. The molecular formula is C10H20N2O3. The first-order chi connectivity index (χ1) is 7.27. The number of nitrogens with zero attached hydrogens (tertiary/aromatic N) is 1. The van der Waals surface area contributed by atoms with E-state index in [0.717, 1.165) is 19.5 Å². The summed E-state index contributed by atoms with van der Waals surface area (Å²) in [6.45, 7) is 3.27. The van der Waals surface area contributed by atoms with Crippen molar-refractivity contribution in [3.63, 3.8) is 0 Å². The summed E-state index contributed by atoms with van der Waals surface area (Å²) in [5.41, 5.74) is 0. The molecule has 0 aromatic heterocycles. The molecule has 1 aliphatic heterocycles. The summed E-state index contributed by atoms with van der Waals surface area (Å²) in [6, 6.07) is 0. The summed E-state index contributed by atoms with van der Waals surface area (Å²) in [4.78, 5) is 13.5. The lowest BCUT2D eigenvalue weighted by atomic mass is 10.3. The van der Waals surface area contributed by atoms with E-state index in [0.29, 0.717) is 19.7 Å². The van der Waals surface area contributed by atoms with Crippen molar-refractivity contribution >= 4 is 5.91 Å². The number of methoxy groups -OCH3 is 2. The molecular weight excluding hydrogens is 196 g/mol. The molecule has 1 heterocycles. The molecule has 1 N–H and O–H groups in total. The standard InChI is InChI=1S/C10H20N2O3/c1-14-6-4-11-7-10(13)12-5-3-9(8-12)15-2/h9,11H,3-8H2,1-2H3. The van der Waals surface area contributed by atoms with Crippen LogP contribution in [0.3, 0.4) is 0 Å². The van der Waals surface area contributed by atoms with Gasteiger partial charge in [-0.2, -0.15) is 0 Å². The number of likely N-dealkylation sites (tertiary alicyclic amines) is 1. The van der Waals surface area contributed by atoms with Gasteiger partial charge in [-0.15, -0.1) is 0 Å². The number of rotatable bonds is 6. The molecule has 1 unspecified atom stereocenters. The minimum Gasteiger partial charge on any atom is -0.383 e. The number of amides is 1. The molecule has 1 amide bonds. The maximum atomic E-state index is 11.6. The van der Waals surface area contributed by atoms with Gasteiger partial charge in [0.05, 0.1) is 19.3 Å². The molecule has 0 spiro atoms. The van der Waals surface area contributed by atoms with Gasteiger partial charge in [-0.3, -0.25) is 4.79 Å². The predicted molar refractivity (Wildman–Crippen MR) is 56.7 cm³/mol. The maximum Gasteiger partial charge on any atom is 0.236 e. The quantitative estimate of drug-likeness (QED) is 0.606. The first kappa shape index (κ1) is 12.4. The van der Waals surface area contributed by atoms with Gasteiger partial charge in [-0.05, 0) is 6.42 Å². The lowest BCUT2D eigenvalue weighted by molar-refractivity contribution is -0.129. The van der Waals surface area contributed by atoms with Crippen LogP contribution < -0.4 is 5.32 Å². The first-order valence-electron chi connectivity index (χ1n) is 5.28. The largest absolute Gasteiger partial charge is 0.383 e. The van der Waals surface area contributed by atoms with E-state index in [4.69, 9.17) is 9.47 Å². The van der Waals surface area contributed by atoms with Crippen LogP contribution >= 0.6 is 0 Å². The third-order valence-corrected chi connectivity index (χ3v) is 2.59. The Kier molecular flexibility index (Phi) is 5.60. The Hall–Kier alpha value is -0.650. The van der Waals surface area contributed by atoms with Crippen LogP contribution in [-0.2, 0) is 14.3 Å². The molecule has 0 aromatic carbocycles. The normalized spacial score (nSPS) is 20.9. The SMILES string of the molecule is COCCNCC(=O)N1CCC(OC)C1. The fourth-order valence-corrected chi connectivity index (χ4v) is 1.63. The van der Waals surface area contributed by atoms with Crippen molar-refractivity contribution in [2.75, 3.05) is 47.0 Å². The highest BCUT2D eigenvalue weighted by Gasteiger charge is 2.25. The van der Waals surface area contributed by atoms with Crippen molar-refractivity contribution in [1.82, 2.24) is 10.2 Å². The van der Waals surface area contributed by atoms with Gasteiger partial charge in [0.2, 0.25) is 5.91 Å². The second kappa shape index (κ2) is 6.76. The molecule has 0 aliphatic carbocycles. The summed E-state index contributed by atoms with van der Waals surface area (Å²) in [5, 5.41) is 3.04. The van der Waals surface area contributed by atoms with Gasteiger partial charge in [0.15, 0.2) is 0 Å². The average Bonchev–Trinajstić information content (AvgIpc) is 2.72. The Morgan fingerprint density at radius 1 is 1.53 bits per heavy atom. The summed E-state index contributed by atoms with van der Waals surface area (Å²) in [7, 11) is 3.34. The lowest BCUT2D eigenvalue weighted by Crippen LogP contribution is -2.38. The zero-order valence-electron chi connectivity index (χ0n) is 9.49. The number of hydrogen-bond donors (Lipinski definition) is 1. The zero-order chi connectivity index (χ0) is 11.1. The predicted octanol–water partition coefficient (Wildman–Crippen LogP) is -0.530. The van der Waals surface area contributed by atoms with E-state index >= 15 is 0 Å². The molecule has 0 radical (unpaired) electrons. The van der Waals surface area contributed by atoms with Crippen LogP contribution in [-0.4, -0.2) is 63.9 Å². The second-order valence-electron chi connectivity index (χ2n) is 3.66. The Bertz CT molecular complexity index is 199. The van der Waals surface area contributed by atoms with Gasteiger partial charge in [-0.1, -0.05) is 0 Å². The van der Waals surface area contributed by atoms with E-state index < -0.39 is 0 Å². The van der Waals surface area contributed by atoms with E-state index in [-0.39, 0.29) is 12.0 Å². The van der Waals surface area contributed by atoms with Gasteiger partial charge in [0.1, 0.15) is 0 Å². The van der Waals surface area contributed by atoms with Crippen LogP contribution in [0.15, 0.2) is 0 Å². The molecule has 88 valence electrons. The molecule has 1 rings (SSSR count). The van der Waals surface area contributed by atoms with Gasteiger partial charge in [0, 0.05) is 33.9 Å². The minimum absolute atomic E-state index is 0.144. The molecule has 1 aliphatic rings. The molecule has 1 fully saturated rings. The number of hydrogen-bond acceptors (Lipinski definition) is 4. The maximum absolute atomic E-state index is 11.6. The highest BCUT2D eigenvalue weighted by Crippen LogP contribution is 2.11. The third-order valence-electron chi connectivity index (χ3n) is 2.59. The van der Waals surface area contributed by atoms with E-state index in [9.17, 15) is 4.79 Å². The summed E-state index contributed by atoms with van der Waals surface area (Å²) < 4.78 is 10.1. The van der Waals surface area contributed by atoms with Crippen LogP contribution in [0.1, 0.15) is 6.42 Å². The highest BCUT2D eigenvalue weighted by molar-refractivity contribution is 5.78. The minimum atomic E-state index is 0.144. The number of nitrogens with one attached hydrogen (secondary N) is 1. The Labute approximate surface area is 90.7 Å². The van der Waals surface area contributed by atoms with Gasteiger partial charge in [-0.25, -0.2) is 0 Å².